The lowest BCUT2D eigenvalue weighted by Crippen LogP contribution is -2.11. The largest absolute Gasteiger partial charge is 0.356 e. The molecule has 10 rings (SSSR count). The van der Waals surface area contributed by atoms with Crippen LogP contribution in [0.25, 0.3) is 56.5 Å². The second kappa shape index (κ2) is 17.4. The summed E-state index contributed by atoms with van der Waals surface area (Å²) in [6.07, 6.45) is 4.63. The number of sulfonamides is 1. The molecule has 0 aliphatic carbocycles. The zero-order valence-corrected chi connectivity index (χ0v) is 35.8. The first kappa shape index (κ1) is 41.4. The average Bonchev–Trinajstić information content (AvgIpc) is 3.90. The summed E-state index contributed by atoms with van der Waals surface area (Å²) >= 11 is 0. The van der Waals surface area contributed by atoms with Crippen LogP contribution >= 0.6 is 0 Å². The van der Waals surface area contributed by atoms with E-state index in [2.05, 4.69) is 20.6 Å². The molecule has 0 radical (unpaired) electrons. The molecular weight excluding hydrogens is 843 g/mol. The van der Waals surface area contributed by atoms with Crippen molar-refractivity contribution in [2.45, 2.75) is 9.79 Å². The number of nitrogens with one attached hydrogen (secondary N) is 2. The van der Waals surface area contributed by atoms with Gasteiger partial charge in [0.2, 0.25) is 10.0 Å². The highest BCUT2D eigenvalue weighted by Crippen LogP contribution is 2.31. The number of benzene rings is 6. The van der Waals surface area contributed by atoms with Gasteiger partial charge in [0, 0.05) is 63.9 Å². The summed E-state index contributed by atoms with van der Waals surface area (Å²) in [6.45, 7) is 0. The van der Waals surface area contributed by atoms with Crippen molar-refractivity contribution in [3.63, 3.8) is 0 Å². The second-order valence-electron chi connectivity index (χ2n) is 14.7. The van der Waals surface area contributed by atoms with Gasteiger partial charge in [0.25, 0.3) is 0 Å². The molecule has 4 N–H and O–H groups in total. The van der Waals surface area contributed by atoms with Crippen molar-refractivity contribution in [2.24, 2.45) is 5.14 Å². The number of nitrogens with zero attached hydrogens (tertiary/aromatic N) is 6. The average molecular weight is 882 g/mol. The Morgan fingerprint density at radius 2 is 0.938 bits per heavy atom. The maximum absolute atomic E-state index is 11.8. The SMILES string of the molecule is CS(=O)(=O)c1ccc(-c2nc3ncccc3n2-c2ccc(Nc3ccccc3)cc2)cc1.NS(=O)(=O)c1ccc(-c2nc3cccnc3n2-c2ccc(Nc3ccccc3)cc2)cc1. The fourth-order valence-corrected chi connectivity index (χ4v) is 8.27. The summed E-state index contributed by atoms with van der Waals surface area (Å²) in [7, 11) is -7.03. The number of hydrogen-bond donors (Lipinski definition) is 3. The first-order valence-corrected chi connectivity index (χ1v) is 23.4. The Morgan fingerprint density at radius 3 is 1.47 bits per heavy atom. The molecule has 0 aliphatic rings. The Labute approximate surface area is 369 Å². The van der Waals surface area contributed by atoms with Crippen molar-refractivity contribution in [1.82, 2.24) is 29.1 Å². The smallest absolute Gasteiger partial charge is 0.238 e. The van der Waals surface area contributed by atoms with E-state index in [-0.39, 0.29) is 9.79 Å². The van der Waals surface area contributed by atoms with Gasteiger partial charge in [-0.2, -0.15) is 0 Å². The Hall–Kier alpha value is -7.98. The van der Waals surface area contributed by atoms with Crippen LogP contribution in [0, 0.1) is 0 Å². The highest BCUT2D eigenvalue weighted by Gasteiger charge is 2.18. The number of rotatable bonds is 10. The molecule has 0 fully saturated rings. The summed E-state index contributed by atoms with van der Waals surface area (Å²) in [5.74, 6) is 1.35. The number of sulfone groups is 1. The van der Waals surface area contributed by atoms with Crippen molar-refractivity contribution in [3.8, 4) is 34.2 Å². The van der Waals surface area contributed by atoms with Crippen LogP contribution in [0.5, 0.6) is 0 Å². The molecular formula is C49H39N9O4S2. The monoisotopic (exact) mass is 881 g/mol. The van der Waals surface area contributed by atoms with Crippen LogP contribution in [-0.4, -0.2) is 52.2 Å². The van der Waals surface area contributed by atoms with Crippen LogP contribution < -0.4 is 15.8 Å². The van der Waals surface area contributed by atoms with Gasteiger partial charge in [-0.05, 0) is 146 Å². The molecule has 4 aromatic heterocycles. The number of hydrogen-bond acceptors (Lipinski definition) is 10. The van der Waals surface area contributed by atoms with E-state index in [1.807, 2.05) is 143 Å². The third kappa shape index (κ3) is 8.98. The van der Waals surface area contributed by atoms with Crippen molar-refractivity contribution >= 4 is 64.9 Å². The first-order chi connectivity index (χ1) is 31.0. The predicted octanol–water partition coefficient (Wildman–Crippen LogP) is 9.71. The highest BCUT2D eigenvalue weighted by molar-refractivity contribution is 7.90. The lowest BCUT2D eigenvalue weighted by Gasteiger charge is -2.12. The Bertz CT molecular complexity index is 3220. The Kier molecular flexibility index (Phi) is 11.3. The van der Waals surface area contributed by atoms with E-state index >= 15 is 0 Å². The van der Waals surface area contributed by atoms with Gasteiger partial charge >= 0.3 is 0 Å². The molecule has 0 unspecified atom stereocenters. The van der Waals surface area contributed by atoms with E-state index in [1.54, 1.807) is 48.8 Å². The van der Waals surface area contributed by atoms with Gasteiger partial charge in [-0.15, -0.1) is 0 Å². The van der Waals surface area contributed by atoms with E-state index < -0.39 is 19.9 Å². The summed E-state index contributed by atoms with van der Waals surface area (Å²) in [5.41, 5.74) is 10.3. The second-order valence-corrected chi connectivity index (χ2v) is 18.3. The number of anilines is 4. The summed E-state index contributed by atoms with van der Waals surface area (Å²) < 4.78 is 50.9. The van der Waals surface area contributed by atoms with E-state index in [9.17, 15) is 16.8 Å². The third-order valence-electron chi connectivity index (χ3n) is 10.2. The first-order valence-electron chi connectivity index (χ1n) is 19.9. The minimum Gasteiger partial charge on any atom is -0.356 e. The van der Waals surface area contributed by atoms with Crippen molar-refractivity contribution < 1.29 is 16.8 Å². The molecule has 0 bridgehead atoms. The number of imidazole rings is 2. The molecule has 0 saturated heterocycles. The number of para-hydroxylation sites is 2. The number of aromatic nitrogens is 6. The fourth-order valence-electron chi connectivity index (χ4n) is 7.13. The zero-order valence-electron chi connectivity index (χ0n) is 34.2. The maximum atomic E-state index is 11.8. The van der Waals surface area contributed by atoms with Crippen LogP contribution in [0.15, 0.2) is 204 Å². The van der Waals surface area contributed by atoms with Crippen molar-refractivity contribution in [2.75, 3.05) is 16.9 Å². The predicted molar refractivity (Wildman–Crippen MR) is 253 cm³/mol. The van der Waals surface area contributed by atoms with E-state index in [4.69, 9.17) is 15.1 Å². The number of primary sulfonamides is 1. The molecule has 15 heteroatoms. The minimum atomic E-state index is -3.77. The molecule has 316 valence electrons. The van der Waals surface area contributed by atoms with Gasteiger partial charge in [-0.3, -0.25) is 9.13 Å². The maximum Gasteiger partial charge on any atom is 0.238 e. The molecule has 0 atom stereocenters. The molecule has 4 heterocycles. The van der Waals surface area contributed by atoms with Crippen LogP contribution in [0.2, 0.25) is 0 Å². The molecule has 64 heavy (non-hydrogen) atoms. The normalized spacial score (nSPS) is 11.5. The van der Waals surface area contributed by atoms with Crippen LogP contribution in [0.3, 0.4) is 0 Å². The van der Waals surface area contributed by atoms with Crippen molar-refractivity contribution in [3.05, 3.63) is 194 Å². The van der Waals surface area contributed by atoms with Gasteiger partial charge in [-0.25, -0.2) is 41.9 Å². The van der Waals surface area contributed by atoms with E-state index in [0.717, 1.165) is 56.3 Å². The van der Waals surface area contributed by atoms with Crippen molar-refractivity contribution in [1.29, 1.82) is 0 Å². The Morgan fingerprint density at radius 1 is 0.469 bits per heavy atom. The van der Waals surface area contributed by atoms with E-state index in [0.29, 0.717) is 22.9 Å². The highest BCUT2D eigenvalue weighted by atomic mass is 32.2. The van der Waals surface area contributed by atoms with Crippen LogP contribution in [0.4, 0.5) is 22.7 Å². The molecule has 10 aromatic rings. The number of fused-ring (bicyclic) bond motifs is 2. The van der Waals surface area contributed by atoms with Gasteiger partial charge in [0.15, 0.2) is 21.1 Å². The Balaban J connectivity index is 0.000000162. The summed E-state index contributed by atoms with van der Waals surface area (Å²) in [5, 5.41) is 12.0. The summed E-state index contributed by atoms with van der Waals surface area (Å²) in [6, 6.07) is 56.7. The number of pyridine rings is 2. The number of nitrogens with two attached hydrogens (primary N) is 1. The molecule has 6 aromatic carbocycles. The minimum absolute atomic E-state index is 0.0541. The molecule has 0 saturated carbocycles. The van der Waals surface area contributed by atoms with Gasteiger partial charge in [0.1, 0.15) is 17.2 Å². The van der Waals surface area contributed by atoms with Gasteiger partial charge in [-0.1, -0.05) is 36.4 Å². The van der Waals surface area contributed by atoms with E-state index in [1.165, 1.54) is 18.4 Å². The standard InChI is InChI=1S/C25H20N4O2S.C24H19N5O2S/c1-32(30,31)22-15-9-18(10-16-22)25-28-24-23(8-5-17-26-24)29(25)21-13-11-20(12-14-21)27-19-6-3-2-4-7-19;25-32(30,31)21-14-8-17(9-15-21)23-28-22-7-4-16-26-24(22)29(23)20-12-10-19(11-13-20)27-18-5-2-1-3-6-18/h2-17,27H,1H3;1-16,27H,(H2,25,30,31). The summed E-state index contributed by atoms with van der Waals surface area (Å²) in [4.78, 5) is 18.7. The zero-order chi connectivity index (χ0) is 44.3. The molecule has 0 aliphatic heterocycles. The lowest BCUT2D eigenvalue weighted by molar-refractivity contribution is 0.597. The molecule has 0 spiro atoms. The fraction of sp³-hybridized carbons (Fsp3) is 0.0204. The van der Waals surface area contributed by atoms with Crippen LogP contribution in [-0.2, 0) is 19.9 Å². The third-order valence-corrected chi connectivity index (χ3v) is 12.3. The molecule has 0 amide bonds. The molecule has 13 nitrogen and oxygen atoms in total. The van der Waals surface area contributed by atoms with Gasteiger partial charge in [0.05, 0.1) is 15.3 Å². The van der Waals surface area contributed by atoms with Crippen LogP contribution in [0.1, 0.15) is 0 Å². The van der Waals surface area contributed by atoms with Gasteiger partial charge < -0.3 is 10.6 Å². The quantitative estimate of drug-likeness (QED) is 0.120. The topological polar surface area (TPSA) is 180 Å². The lowest BCUT2D eigenvalue weighted by atomic mass is 10.2.